The van der Waals surface area contributed by atoms with E-state index in [0.29, 0.717) is 49.7 Å². The normalized spacial score (nSPS) is 21.6. The van der Waals surface area contributed by atoms with Crippen LogP contribution in [0, 0.1) is 5.82 Å². The number of nitrogens with zero attached hydrogens (tertiary/aromatic N) is 3. The molecule has 1 unspecified atom stereocenters. The van der Waals surface area contributed by atoms with Crippen LogP contribution in [0.3, 0.4) is 0 Å². The second-order valence-corrected chi connectivity index (χ2v) is 8.93. The molecule has 0 bridgehead atoms. The second kappa shape index (κ2) is 10.1. The monoisotopic (exact) mass is 487 g/mol. The Kier molecular flexibility index (Phi) is 7.16. The average molecular weight is 488 g/mol. The molecule has 2 N–H and O–H groups in total. The highest BCUT2D eigenvalue weighted by atomic mass is 35.5. The van der Waals surface area contributed by atoms with Gasteiger partial charge in [0.15, 0.2) is 0 Å². The van der Waals surface area contributed by atoms with Gasteiger partial charge in [0.25, 0.3) is 11.8 Å². The summed E-state index contributed by atoms with van der Waals surface area (Å²) in [5, 5.41) is 3.93. The maximum absolute atomic E-state index is 13.2. The number of piperazine rings is 1. The number of hydrogen-bond acceptors (Lipinski definition) is 5. The molecule has 0 radical (unpaired) electrons. The van der Waals surface area contributed by atoms with Gasteiger partial charge in [0.05, 0.1) is 6.54 Å². The van der Waals surface area contributed by atoms with Crippen LogP contribution in [0.15, 0.2) is 48.5 Å². The van der Waals surface area contributed by atoms with Gasteiger partial charge in [0.2, 0.25) is 0 Å². The highest BCUT2D eigenvalue weighted by molar-refractivity contribution is 6.31. The van der Waals surface area contributed by atoms with E-state index in [-0.39, 0.29) is 12.4 Å². The minimum atomic E-state index is -1.20. The number of hydrazine groups is 1. The Hall–Kier alpha value is -3.01. The molecule has 0 spiro atoms. The minimum Gasteiger partial charge on any atom is -0.318 e. The molecule has 0 aromatic heterocycles. The standard InChI is InChI=1S/C24H27ClFN5O3/c1-2-24(18-6-4-3-5-7-18)22(33)31(23(34)27-24)28-21(32)16-30-12-10-29(11-13-30)15-17-8-9-19(26)14-20(17)25/h3-9,14H,2,10-13,15-16H2,1H3,(H,27,34)(H,28,32). The third-order valence-electron chi connectivity index (χ3n) is 6.37. The lowest BCUT2D eigenvalue weighted by Gasteiger charge is -2.34. The predicted molar refractivity (Wildman–Crippen MR) is 125 cm³/mol. The SMILES string of the molecule is CCC1(c2ccccc2)NC(=O)N(NC(=O)CN2CCN(Cc3ccc(F)cc3Cl)CC2)C1=O. The fraction of sp³-hybridized carbons (Fsp3) is 0.375. The molecule has 2 aromatic carbocycles. The molecule has 0 aliphatic carbocycles. The molecule has 4 rings (SSSR count). The van der Waals surface area contributed by atoms with E-state index < -0.39 is 23.4 Å². The van der Waals surface area contributed by atoms with E-state index in [9.17, 15) is 18.8 Å². The first-order chi connectivity index (χ1) is 16.3. The Balaban J connectivity index is 1.30. The number of nitrogens with one attached hydrogen (secondary N) is 2. The number of benzene rings is 2. The van der Waals surface area contributed by atoms with Crippen LogP contribution in [0.25, 0.3) is 0 Å². The third kappa shape index (κ3) is 4.91. The lowest BCUT2D eigenvalue weighted by Crippen LogP contribution is -2.53. The highest BCUT2D eigenvalue weighted by Gasteiger charge is 2.52. The molecule has 180 valence electrons. The summed E-state index contributed by atoms with van der Waals surface area (Å²) < 4.78 is 13.2. The molecule has 2 aliphatic heterocycles. The lowest BCUT2D eigenvalue weighted by atomic mass is 9.87. The van der Waals surface area contributed by atoms with Crippen molar-refractivity contribution in [3.63, 3.8) is 0 Å². The van der Waals surface area contributed by atoms with Crippen LogP contribution in [-0.4, -0.2) is 65.4 Å². The van der Waals surface area contributed by atoms with Crippen LogP contribution in [0.1, 0.15) is 24.5 Å². The number of carbonyl (C=O) groups is 3. The summed E-state index contributed by atoms with van der Waals surface area (Å²) in [7, 11) is 0. The molecule has 2 aliphatic rings. The molecule has 8 nitrogen and oxygen atoms in total. The Bertz CT molecular complexity index is 1080. The van der Waals surface area contributed by atoms with Crippen molar-refractivity contribution in [2.45, 2.75) is 25.4 Å². The van der Waals surface area contributed by atoms with Gasteiger partial charge in [-0.15, -0.1) is 0 Å². The van der Waals surface area contributed by atoms with Crippen molar-refractivity contribution in [1.82, 2.24) is 25.6 Å². The maximum atomic E-state index is 13.2. The molecular weight excluding hydrogens is 461 g/mol. The average Bonchev–Trinajstić information content (AvgIpc) is 3.07. The van der Waals surface area contributed by atoms with Crippen molar-refractivity contribution in [3.05, 3.63) is 70.5 Å². The predicted octanol–water partition coefficient (Wildman–Crippen LogP) is 2.49. The van der Waals surface area contributed by atoms with Crippen LogP contribution in [0.5, 0.6) is 0 Å². The van der Waals surface area contributed by atoms with Crippen LogP contribution in [0.2, 0.25) is 5.02 Å². The zero-order valence-corrected chi connectivity index (χ0v) is 19.6. The number of imide groups is 1. The van der Waals surface area contributed by atoms with Gasteiger partial charge in [-0.25, -0.2) is 9.18 Å². The van der Waals surface area contributed by atoms with E-state index in [1.54, 1.807) is 30.3 Å². The van der Waals surface area contributed by atoms with E-state index in [0.717, 1.165) is 10.6 Å². The van der Waals surface area contributed by atoms with Gasteiger partial charge >= 0.3 is 6.03 Å². The molecule has 4 amide bonds. The molecule has 0 saturated carbocycles. The summed E-state index contributed by atoms with van der Waals surface area (Å²) in [5.74, 6) is -1.30. The van der Waals surface area contributed by atoms with E-state index >= 15 is 0 Å². The Labute approximate surface area is 202 Å². The largest absolute Gasteiger partial charge is 0.344 e. The fourth-order valence-corrected chi connectivity index (χ4v) is 4.63. The number of amides is 4. The summed E-state index contributed by atoms with van der Waals surface area (Å²) in [6.07, 6.45) is 0.355. The first-order valence-corrected chi connectivity index (χ1v) is 11.6. The fourth-order valence-electron chi connectivity index (χ4n) is 4.40. The number of halogens is 2. The minimum absolute atomic E-state index is 0.0622. The number of carbonyl (C=O) groups excluding carboxylic acids is 3. The van der Waals surface area contributed by atoms with Crippen LogP contribution in [0.4, 0.5) is 9.18 Å². The molecule has 34 heavy (non-hydrogen) atoms. The molecule has 2 saturated heterocycles. The maximum Gasteiger partial charge on any atom is 0.344 e. The van der Waals surface area contributed by atoms with Gasteiger partial charge in [-0.2, -0.15) is 5.01 Å². The van der Waals surface area contributed by atoms with Crippen LogP contribution in [-0.2, 0) is 21.7 Å². The van der Waals surface area contributed by atoms with Crippen molar-refractivity contribution in [1.29, 1.82) is 0 Å². The van der Waals surface area contributed by atoms with Gasteiger partial charge < -0.3 is 5.32 Å². The number of urea groups is 1. The van der Waals surface area contributed by atoms with Crippen LogP contribution >= 0.6 is 11.6 Å². The van der Waals surface area contributed by atoms with E-state index in [4.69, 9.17) is 11.6 Å². The van der Waals surface area contributed by atoms with E-state index in [2.05, 4.69) is 15.6 Å². The summed E-state index contributed by atoms with van der Waals surface area (Å²) in [4.78, 5) is 42.5. The van der Waals surface area contributed by atoms with Crippen molar-refractivity contribution < 1.29 is 18.8 Å². The first-order valence-electron chi connectivity index (χ1n) is 11.2. The van der Waals surface area contributed by atoms with Crippen LogP contribution < -0.4 is 10.7 Å². The van der Waals surface area contributed by atoms with Gasteiger partial charge in [-0.1, -0.05) is 54.9 Å². The van der Waals surface area contributed by atoms with Gasteiger partial charge in [-0.05, 0) is 29.7 Å². The van der Waals surface area contributed by atoms with Crippen molar-refractivity contribution in [2.75, 3.05) is 32.7 Å². The molecule has 2 aromatic rings. The summed E-state index contributed by atoms with van der Waals surface area (Å²) >= 11 is 6.13. The summed E-state index contributed by atoms with van der Waals surface area (Å²) in [6, 6.07) is 12.7. The lowest BCUT2D eigenvalue weighted by molar-refractivity contribution is -0.140. The molecular formula is C24H27ClFN5O3. The molecule has 2 fully saturated rings. The Morgan fingerprint density at radius 1 is 1.09 bits per heavy atom. The third-order valence-corrected chi connectivity index (χ3v) is 6.72. The van der Waals surface area contributed by atoms with Crippen molar-refractivity contribution >= 4 is 29.4 Å². The summed E-state index contributed by atoms with van der Waals surface area (Å²) in [6.45, 7) is 5.15. The van der Waals surface area contributed by atoms with Crippen molar-refractivity contribution in [3.8, 4) is 0 Å². The van der Waals surface area contributed by atoms with Gasteiger partial charge in [0.1, 0.15) is 11.4 Å². The highest BCUT2D eigenvalue weighted by Crippen LogP contribution is 2.31. The van der Waals surface area contributed by atoms with Crippen molar-refractivity contribution in [2.24, 2.45) is 0 Å². The molecule has 10 heteroatoms. The quantitative estimate of drug-likeness (QED) is 0.586. The molecule has 1 atom stereocenters. The van der Waals surface area contributed by atoms with E-state index in [1.165, 1.54) is 12.1 Å². The number of hydrogen-bond donors (Lipinski definition) is 2. The number of rotatable bonds is 7. The Morgan fingerprint density at radius 2 is 1.76 bits per heavy atom. The zero-order valence-electron chi connectivity index (χ0n) is 18.9. The second-order valence-electron chi connectivity index (χ2n) is 8.52. The van der Waals surface area contributed by atoms with E-state index in [1.807, 2.05) is 17.9 Å². The first kappa shape index (κ1) is 24.1. The molecule has 2 heterocycles. The van der Waals surface area contributed by atoms with Gasteiger partial charge in [-0.3, -0.25) is 24.8 Å². The smallest absolute Gasteiger partial charge is 0.318 e. The Morgan fingerprint density at radius 3 is 2.41 bits per heavy atom. The van der Waals surface area contributed by atoms with Gasteiger partial charge in [0, 0.05) is 37.7 Å². The zero-order chi connectivity index (χ0) is 24.3. The summed E-state index contributed by atoms with van der Waals surface area (Å²) in [5.41, 5.74) is 2.80. The topological polar surface area (TPSA) is 85.0 Å².